The molecule has 3 aromatic carbocycles. The minimum absolute atomic E-state index is 0.0140. The van der Waals surface area contributed by atoms with Crippen molar-refractivity contribution in [1.82, 2.24) is 14.7 Å². The number of nitrogens with two attached hydrogens (primary N) is 1. The Hall–Kier alpha value is -6.24. The van der Waals surface area contributed by atoms with Crippen LogP contribution in [0.15, 0.2) is 72.8 Å². The van der Waals surface area contributed by atoms with Crippen molar-refractivity contribution < 1.29 is 24.2 Å². The SMILES string of the molecule is CNC(=O)COc1ccc(-c2c(C#N)c(NC(=O)c3cccc(C[C@@H](N)C(=O)O)c3)n3c(nc4ccccc43)c2C#N)cc1. The molecule has 2 aromatic heterocycles. The van der Waals surface area contributed by atoms with E-state index in [-0.39, 0.29) is 52.7 Å². The fourth-order valence-electron chi connectivity index (χ4n) is 4.81. The number of anilines is 1. The van der Waals surface area contributed by atoms with Gasteiger partial charge in [-0.2, -0.15) is 10.5 Å². The summed E-state index contributed by atoms with van der Waals surface area (Å²) in [6.07, 6.45) is 0.0140. The standard InChI is InChI=1S/C32H25N7O5/c1-36-27(40)17-44-21-11-9-19(10-12-21)28-22(15-33)29-37-25-7-2-3-8-26(25)39(29)30(23(28)16-34)38-31(41)20-6-4-5-18(13-20)14-24(35)32(42)43/h2-13,24H,14,17,35H2,1H3,(H,36,40)(H,38,41)(H,42,43)/t24-/m1/s1. The van der Waals surface area contributed by atoms with Crippen LogP contribution in [0.4, 0.5) is 5.82 Å². The number of rotatable bonds is 9. The quantitative estimate of drug-likeness (QED) is 0.200. The molecular weight excluding hydrogens is 562 g/mol. The van der Waals surface area contributed by atoms with Gasteiger partial charge < -0.3 is 26.2 Å². The van der Waals surface area contributed by atoms with Gasteiger partial charge in [0.15, 0.2) is 12.3 Å². The maximum Gasteiger partial charge on any atom is 0.320 e. The summed E-state index contributed by atoms with van der Waals surface area (Å²) < 4.78 is 7.06. The van der Waals surface area contributed by atoms with Gasteiger partial charge in [-0.15, -0.1) is 0 Å². The highest BCUT2D eigenvalue weighted by molar-refractivity contribution is 6.06. The lowest BCUT2D eigenvalue weighted by Gasteiger charge is -2.17. The zero-order valence-corrected chi connectivity index (χ0v) is 23.4. The number of carbonyl (C=O) groups excluding carboxylic acids is 2. The highest BCUT2D eigenvalue weighted by atomic mass is 16.5. The van der Waals surface area contributed by atoms with Crippen molar-refractivity contribution in [2.45, 2.75) is 12.5 Å². The molecule has 0 radical (unpaired) electrons. The van der Waals surface area contributed by atoms with Gasteiger partial charge in [0.2, 0.25) is 0 Å². The number of ether oxygens (including phenoxy) is 1. The van der Waals surface area contributed by atoms with Gasteiger partial charge in [-0.1, -0.05) is 36.4 Å². The van der Waals surface area contributed by atoms with Crippen LogP contribution in [-0.2, 0) is 16.0 Å². The molecule has 0 aliphatic carbocycles. The zero-order chi connectivity index (χ0) is 31.4. The van der Waals surface area contributed by atoms with Gasteiger partial charge in [-0.25, -0.2) is 4.98 Å². The van der Waals surface area contributed by atoms with Crippen molar-refractivity contribution in [2.75, 3.05) is 19.0 Å². The van der Waals surface area contributed by atoms with Gasteiger partial charge >= 0.3 is 5.97 Å². The Balaban J connectivity index is 1.66. The minimum Gasteiger partial charge on any atom is -0.484 e. The molecule has 0 aliphatic rings. The number of benzene rings is 3. The number of likely N-dealkylation sites (N-methyl/N-ethyl adjacent to an activating group) is 1. The van der Waals surface area contributed by atoms with Crippen LogP contribution in [0, 0.1) is 22.7 Å². The number of aromatic nitrogens is 2. The number of hydrogen-bond acceptors (Lipinski definition) is 8. The van der Waals surface area contributed by atoms with Crippen molar-refractivity contribution in [2.24, 2.45) is 5.73 Å². The van der Waals surface area contributed by atoms with Crippen molar-refractivity contribution in [1.29, 1.82) is 10.5 Å². The Labute approximate surface area is 250 Å². The van der Waals surface area contributed by atoms with Crippen LogP contribution < -0.4 is 21.1 Å². The summed E-state index contributed by atoms with van der Waals surface area (Å²) in [5, 5.41) is 35.3. The van der Waals surface area contributed by atoms with E-state index in [2.05, 4.69) is 27.8 Å². The number of fused-ring (bicyclic) bond motifs is 3. The number of nitriles is 2. The number of amides is 2. The summed E-state index contributed by atoms with van der Waals surface area (Å²) in [5.74, 6) is -1.54. The predicted octanol–water partition coefficient (Wildman–Crippen LogP) is 3.23. The second kappa shape index (κ2) is 12.3. The molecule has 1 atom stereocenters. The molecule has 0 unspecified atom stereocenters. The fraction of sp³-hybridized carbons (Fsp3) is 0.125. The number of para-hydroxylation sites is 2. The summed E-state index contributed by atoms with van der Waals surface area (Å²) in [5.41, 5.74) is 8.68. The lowest BCUT2D eigenvalue weighted by Crippen LogP contribution is -2.32. The lowest BCUT2D eigenvalue weighted by atomic mass is 9.96. The third kappa shape index (κ3) is 5.61. The molecule has 218 valence electrons. The Morgan fingerprint density at radius 3 is 2.43 bits per heavy atom. The van der Waals surface area contributed by atoms with E-state index in [0.717, 1.165) is 0 Å². The van der Waals surface area contributed by atoms with Gasteiger partial charge in [0.25, 0.3) is 11.8 Å². The number of carboxylic acids is 1. The molecule has 5 rings (SSSR count). The van der Waals surface area contributed by atoms with E-state index in [4.69, 9.17) is 10.5 Å². The molecule has 12 heteroatoms. The van der Waals surface area contributed by atoms with Crippen LogP contribution in [-0.4, -0.2) is 52.0 Å². The van der Waals surface area contributed by atoms with E-state index >= 15 is 0 Å². The van der Waals surface area contributed by atoms with Crippen LogP contribution in [0.1, 0.15) is 27.0 Å². The lowest BCUT2D eigenvalue weighted by molar-refractivity contribution is -0.138. The van der Waals surface area contributed by atoms with Gasteiger partial charge in [0, 0.05) is 18.2 Å². The number of imidazole rings is 1. The number of carbonyl (C=O) groups is 3. The van der Waals surface area contributed by atoms with E-state index in [1.807, 2.05) is 0 Å². The molecule has 0 spiro atoms. The molecule has 5 aromatic rings. The van der Waals surface area contributed by atoms with Crippen molar-refractivity contribution in [3.8, 4) is 29.0 Å². The largest absolute Gasteiger partial charge is 0.484 e. The average molecular weight is 588 g/mol. The van der Waals surface area contributed by atoms with Gasteiger partial charge in [0.1, 0.15) is 40.9 Å². The van der Waals surface area contributed by atoms with Crippen LogP contribution in [0.2, 0.25) is 0 Å². The maximum absolute atomic E-state index is 13.6. The van der Waals surface area contributed by atoms with Crippen LogP contribution in [0.3, 0.4) is 0 Å². The van der Waals surface area contributed by atoms with Gasteiger partial charge in [0.05, 0.1) is 11.0 Å². The smallest absolute Gasteiger partial charge is 0.320 e. The fourth-order valence-corrected chi connectivity index (χ4v) is 4.81. The van der Waals surface area contributed by atoms with E-state index in [0.29, 0.717) is 27.9 Å². The predicted molar refractivity (Wildman–Crippen MR) is 161 cm³/mol. The Morgan fingerprint density at radius 2 is 1.75 bits per heavy atom. The minimum atomic E-state index is -1.16. The molecule has 0 saturated heterocycles. The first-order valence-electron chi connectivity index (χ1n) is 13.4. The molecule has 0 saturated carbocycles. The molecule has 0 fully saturated rings. The second-order valence-electron chi connectivity index (χ2n) is 9.75. The Bertz CT molecular complexity index is 2020. The van der Waals surface area contributed by atoms with Crippen LogP contribution in [0.25, 0.3) is 27.8 Å². The van der Waals surface area contributed by atoms with Crippen molar-refractivity contribution in [3.05, 3.63) is 95.1 Å². The molecule has 2 heterocycles. The number of aliphatic carboxylic acids is 1. The Kier molecular flexibility index (Phi) is 8.20. The van der Waals surface area contributed by atoms with Crippen LogP contribution >= 0.6 is 0 Å². The number of nitrogens with zero attached hydrogens (tertiary/aromatic N) is 4. The monoisotopic (exact) mass is 587 g/mol. The second-order valence-corrected chi connectivity index (χ2v) is 9.75. The summed E-state index contributed by atoms with van der Waals surface area (Å²) >= 11 is 0. The molecule has 44 heavy (non-hydrogen) atoms. The highest BCUT2D eigenvalue weighted by Crippen LogP contribution is 2.37. The third-order valence-electron chi connectivity index (χ3n) is 6.95. The highest BCUT2D eigenvalue weighted by Gasteiger charge is 2.26. The van der Waals surface area contributed by atoms with E-state index in [9.17, 15) is 30.0 Å². The van der Waals surface area contributed by atoms with Crippen molar-refractivity contribution >= 4 is 40.3 Å². The van der Waals surface area contributed by atoms with E-state index in [1.165, 1.54) is 13.1 Å². The molecule has 12 nitrogen and oxygen atoms in total. The Morgan fingerprint density at radius 1 is 1.02 bits per heavy atom. The normalized spacial score (nSPS) is 11.4. The summed E-state index contributed by atoms with van der Waals surface area (Å²) in [6.45, 7) is -0.186. The first-order valence-corrected chi connectivity index (χ1v) is 13.4. The number of carboxylic acid groups (broad SMARTS) is 1. The van der Waals surface area contributed by atoms with E-state index < -0.39 is 17.9 Å². The number of hydrogen-bond donors (Lipinski definition) is 4. The van der Waals surface area contributed by atoms with Gasteiger partial charge in [-0.3, -0.25) is 18.8 Å². The molecule has 5 N–H and O–H groups in total. The third-order valence-corrected chi connectivity index (χ3v) is 6.95. The summed E-state index contributed by atoms with van der Waals surface area (Å²) in [6, 6.07) is 23.2. The summed E-state index contributed by atoms with van der Waals surface area (Å²) in [4.78, 5) is 41.1. The molecule has 2 amide bonds. The van der Waals surface area contributed by atoms with Crippen molar-refractivity contribution in [3.63, 3.8) is 0 Å². The average Bonchev–Trinajstić information content (AvgIpc) is 3.43. The number of pyridine rings is 1. The first kappa shape index (κ1) is 29.3. The number of nitrogens with one attached hydrogen (secondary N) is 2. The van der Waals surface area contributed by atoms with Crippen LogP contribution in [0.5, 0.6) is 5.75 Å². The van der Waals surface area contributed by atoms with Gasteiger partial charge in [-0.05, 0) is 53.9 Å². The molecule has 0 bridgehead atoms. The molecule has 0 aliphatic heterocycles. The maximum atomic E-state index is 13.6. The van der Waals surface area contributed by atoms with E-state index in [1.54, 1.807) is 71.1 Å². The first-order chi connectivity index (χ1) is 21.2. The zero-order valence-electron chi connectivity index (χ0n) is 23.4. The summed E-state index contributed by atoms with van der Waals surface area (Å²) in [7, 11) is 1.50. The molecular formula is C32H25N7O5. The topological polar surface area (TPSA) is 196 Å².